The smallest absolute Gasteiger partial charge is 0.187 e. The Labute approximate surface area is 379 Å². The van der Waals surface area contributed by atoms with Crippen molar-refractivity contribution < 1.29 is 59.2 Å². The molecule has 2 fully saturated rings. The van der Waals surface area contributed by atoms with Gasteiger partial charge in [0, 0.05) is 0 Å². The lowest BCUT2D eigenvalue weighted by molar-refractivity contribution is -0.302. The molecule has 0 saturated carbocycles. The second kappa shape index (κ2) is 22.5. The number of carbonyl (C=O) groups excluding carboxylic acids is 2. The zero-order chi connectivity index (χ0) is 47.8. The number of rotatable bonds is 14. The maximum atomic E-state index is 13.4. The molecule has 2 saturated heterocycles. The van der Waals surface area contributed by atoms with E-state index in [-0.39, 0.29) is 11.6 Å². The van der Waals surface area contributed by atoms with Gasteiger partial charge in [0.2, 0.25) is 0 Å². The Hall–Kier alpha value is -3.92. The van der Waals surface area contributed by atoms with Crippen LogP contribution in [0.3, 0.4) is 0 Å². The third kappa shape index (κ3) is 13.3. The summed E-state index contributed by atoms with van der Waals surface area (Å²) in [5.74, 6) is -0.411. The van der Waals surface area contributed by atoms with Gasteiger partial charge < -0.3 is 49.6 Å². The van der Waals surface area contributed by atoms with Crippen LogP contribution in [0, 0.1) is 10.8 Å². The third-order valence-corrected chi connectivity index (χ3v) is 12.5. The number of Topliss-reactive ketones (excluding diaryl/α,β-unsaturated/α-hetero) is 2. The second-order valence-corrected chi connectivity index (χ2v) is 19.0. The fourth-order valence-electron chi connectivity index (χ4n) is 8.36. The lowest BCUT2D eigenvalue weighted by Gasteiger charge is -2.42. The molecule has 12 atom stereocenters. The first-order valence-corrected chi connectivity index (χ1v) is 22.2. The van der Waals surface area contributed by atoms with Crippen molar-refractivity contribution in [1.29, 1.82) is 0 Å². The highest BCUT2D eigenvalue weighted by atomic mass is 16.7. The van der Waals surface area contributed by atoms with Crippen LogP contribution in [-0.2, 0) is 28.5 Å². The molecule has 4 rings (SSSR count). The number of aliphatic hydroxyl groups is 6. The number of allylic oxidation sites excluding steroid dienone is 20. The average Bonchev–Trinajstić information content (AvgIpc) is 3.22. The third-order valence-electron chi connectivity index (χ3n) is 12.5. The standard InChI is InChI=1S/C52H72O12/c1-29(19-15-21-31(3)23-25-37-33(5)41(53)39(27-51(37,9)10)63-49-47(59)45(57)43(55)35(7)61-49)17-13-14-18-30(2)20-16-22-32(4)24-26-38-34(6)42(54)40(28-52(38,11)12)64-50-48(60)46(58)44(56)36(8)62-50/h13-26,35-36,39-40,43-50,55-60H,27-28H2,1-12H3/b14-13+,19-15+,20-16+,25-23+,26-24+,29-17+,30-18+,31-21+,32-22+/t35-,36-,39+,40+,43-,44-,45+,46+,47+,48+,49-,50-/m1/s1. The summed E-state index contributed by atoms with van der Waals surface area (Å²) in [5.41, 5.74) is 6.21. The van der Waals surface area contributed by atoms with Crippen LogP contribution < -0.4 is 0 Å². The minimum absolute atomic E-state index is 0.206. The molecule has 0 radical (unpaired) electrons. The van der Waals surface area contributed by atoms with E-state index in [2.05, 4.69) is 0 Å². The summed E-state index contributed by atoms with van der Waals surface area (Å²) in [6.45, 7) is 22.9. The lowest BCUT2D eigenvalue weighted by atomic mass is 9.71. The molecule has 0 aromatic carbocycles. The van der Waals surface area contributed by atoms with Crippen LogP contribution in [0.2, 0.25) is 0 Å². The van der Waals surface area contributed by atoms with Gasteiger partial charge in [0.15, 0.2) is 24.1 Å². The molecule has 2 aliphatic heterocycles. The van der Waals surface area contributed by atoms with E-state index >= 15 is 0 Å². The SMILES string of the molecule is CC1=C(/C=C/C(C)=C/C=C/C(C)=C/C=C/C=C(C)/C=C/C=C(C)/C=C/C2=C(C)C(=O)[C@@H](O[C@H]3O[C@H](C)[C@@H](O)[C@H](O)[C@@H]3O)CC2(C)C)C(C)(C)C[C@H](O[C@H]2O[C@H](C)[C@@H](O)[C@H](O)[C@@H]2O)C1=O. The predicted octanol–water partition coefficient (Wildman–Crippen LogP) is 6.61. The van der Waals surface area contributed by atoms with Crippen molar-refractivity contribution in [2.75, 3.05) is 0 Å². The van der Waals surface area contributed by atoms with Gasteiger partial charge in [-0.15, -0.1) is 0 Å². The molecule has 352 valence electrons. The lowest BCUT2D eigenvalue weighted by Crippen LogP contribution is -2.58. The van der Waals surface area contributed by atoms with Crippen LogP contribution in [0.15, 0.2) is 130 Å². The summed E-state index contributed by atoms with van der Waals surface area (Å²) in [6, 6.07) is 0. The molecule has 12 heteroatoms. The Morgan fingerprint density at radius 1 is 0.516 bits per heavy atom. The number of carbonyl (C=O) groups is 2. The molecule has 0 aromatic heterocycles. The normalized spacial score (nSPS) is 35.2. The van der Waals surface area contributed by atoms with E-state index in [4.69, 9.17) is 18.9 Å². The van der Waals surface area contributed by atoms with Gasteiger partial charge >= 0.3 is 0 Å². The average molecular weight is 889 g/mol. The van der Waals surface area contributed by atoms with Gasteiger partial charge in [-0.25, -0.2) is 0 Å². The summed E-state index contributed by atoms with van der Waals surface area (Å²) >= 11 is 0. The molecule has 0 aromatic rings. The van der Waals surface area contributed by atoms with Crippen molar-refractivity contribution in [2.45, 2.75) is 170 Å². The summed E-state index contributed by atoms with van der Waals surface area (Å²) in [4.78, 5) is 26.7. The number of hydrogen-bond acceptors (Lipinski definition) is 12. The zero-order valence-electron chi connectivity index (χ0n) is 39.6. The Bertz CT molecular complexity index is 1910. The fourth-order valence-corrected chi connectivity index (χ4v) is 8.36. The Morgan fingerprint density at radius 2 is 0.828 bits per heavy atom. The Balaban J connectivity index is 1.29. The summed E-state index contributed by atoms with van der Waals surface area (Å²) in [7, 11) is 0. The minimum atomic E-state index is -1.48. The predicted molar refractivity (Wildman–Crippen MR) is 247 cm³/mol. The van der Waals surface area contributed by atoms with Gasteiger partial charge in [-0.3, -0.25) is 9.59 Å². The quantitative estimate of drug-likeness (QED) is 0.103. The van der Waals surface area contributed by atoms with Crippen LogP contribution in [0.5, 0.6) is 0 Å². The number of ketones is 2. The molecule has 0 unspecified atom stereocenters. The molecule has 2 heterocycles. The summed E-state index contributed by atoms with van der Waals surface area (Å²) in [5, 5.41) is 61.2. The molecule has 64 heavy (non-hydrogen) atoms. The highest BCUT2D eigenvalue weighted by molar-refractivity contribution is 6.01. The van der Waals surface area contributed by atoms with Gasteiger partial charge in [-0.2, -0.15) is 0 Å². The highest BCUT2D eigenvalue weighted by Gasteiger charge is 2.48. The van der Waals surface area contributed by atoms with Crippen LogP contribution in [0.25, 0.3) is 0 Å². The number of aliphatic hydroxyl groups excluding tert-OH is 6. The van der Waals surface area contributed by atoms with Gasteiger partial charge in [0.25, 0.3) is 0 Å². The van der Waals surface area contributed by atoms with E-state index in [0.717, 1.165) is 33.4 Å². The largest absolute Gasteiger partial charge is 0.388 e. The van der Waals surface area contributed by atoms with E-state index < -0.39 is 84.4 Å². The molecule has 0 bridgehead atoms. The van der Waals surface area contributed by atoms with Crippen LogP contribution in [-0.4, -0.2) is 116 Å². The summed E-state index contributed by atoms with van der Waals surface area (Å²) < 4.78 is 23.0. The Morgan fingerprint density at radius 3 is 1.17 bits per heavy atom. The van der Waals surface area contributed by atoms with Gasteiger partial charge in [0.1, 0.15) is 48.8 Å². The second-order valence-electron chi connectivity index (χ2n) is 19.0. The maximum absolute atomic E-state index is 13.4. The molecular formula is C52H72O12. The molecule has 12 nitrogen and oxygen atoms in total. The van der Waals surface area contributed by atoms with Crippen LogP contribution in [0.4, 0.5) is 0 Å². The van der Waals surface area contributed by atoms with Crippen molar-refractivity contribution in [3.63, 3.8) is 0 Å². The minimum Gasteiger partial charge on any atom is -0.388 e. The molecule has 0 amide bonds. The monoisotopic (exact) mass is 889 g/mol. The van der Waals surface area contributed by atoms with E-state index in [1.807, 2.05) is 140 Å². The van der Waals surface area contributed by atoms with E-state index in [1.54, 1.807) is 27.7 Å². The zero-order valence-corrected chi connectivity index (χ0v) is 39.6. The summed E-state index contributed by atoms with van der Waals surface area (Å²) in [6.07, 6.45) is 14.6. The molecule has 2 aliphatic carbocycles. The topological polar surface area (TPSA) is 192 Å². The fraction of sp³-hybridized carbons (Fsp3) is 0.538. The van der Waals surface area contributed by atoms with Crippen LogP contribution >= 0.6 is 0 Å². The van der Waals surface area contributed by atoms with Crippen molar-refractivity contribution in [2.24, 2.45) is 10.8 Å². The first-order valence-electron chi connectivity index (χ1n) is 22.2. The van der Waals surface area contributed by atoms with Gasteiger partial charge in [-0.1, -0.05) is 135 Å². The van der Waals surface area contributed by atoms with E-state index in [1.165, 1.54) is 0 Å². The van der Waals surface area contributed by atoms with E-state index in [0.29, 0.717) is 24.0 Å². The van der Waals surface area contributed by atoms with E-state index in [9.17, 15) is 40.2 Å². The van der Waals surface area contributed by atoms with Crippen molar-refractivity contribution >= 4 is 11.6 Å². The number of ether oxygens (including phenoxy) is 4. The van der Waals surface area contributed by atoms with Crippen molar-refractivity contribution in [1.82, 2.24) is 0 Å². The first kappa shape index (κ1) is 52.7. The first-order chi connectivity index (χ1) is 29.9. The van der Waals surface area contributed by atoms with Gasteiger partial charge in [-0.05, 0) is 101 Å². The van der Waals surface area contributed by atoms with Crippen molar-refractivity contribution in [3.8, 4) is 0 Å². The van der Waals surface area contributed by atoms with Crippen molar-refractivity contribution in [3.05, 3.63) is 130 Å². The van der Waals surface area contributed by atoms with Gasteiger partial charge in [0.05, 0.1) is 12.2 Å². The molecule has 4 aliphatic rings. The molecular weight excluding hydrogens is 817 g/mol. The molecule has 6 N–H and O–H groups in total. The van der Waals surface area contributed by atoms with Crippen LogP contribution in [0.1, 0.15) is 95.9 Å². The Kier molecular flexibility index (Phi) is 18.5. The number of hydrogen-bond donors (Lipinski definition) is 6. The maximum Gasteiger partial charge on any atom is 0.187 e. The molecule has 0 spiro atoms. The highest BCUT2D eigenvalue weighted by Crippen LogP contribution is 2.43.